The highest BCUT2D eigenvalue weighted by atomic mass is 16.5. The molecule has 0 aliphatic heterocycles. The molecule has 1 fully saturated rings. The van der Waals surface area contributed by atoms with E-state index in [1.807, 2.05) is 38.1 Å². The summed E-state index contributed by atoms with van der Waals surface area (Å²) in [6.45, 7) is 4.27. The number of hydrogen-bond acceptors (Lipinski definition) is 4. The van der Waals surface area contributed by atoms with E-state index in [-0.39, 0.29) is 49.3 Å². The molecule has 1 saturated carbocycles. The number of amides is 2. The maximum Gasteiger partial charge on any atom is 0.407 e. The normalized spacial score (nSPS) is 18.7. The van der Waals surface area contributed by atoms with Gasteiger partial charge in [0.2, 0.25) is 5.91 Å². The summed E-state index contributed by atoms with van der Waals surface area (Å²) in [5.74, 6) is -1.04. The number of fused-ring (bicyclic) bond motifs is 3. The number of nitrogens with zero attached hydrogens (tertiary/aromatic N) is 1. The molecule has 2 aromatic rings. The third-order valence-electron chi connectivity index (χ3n) is 7.01. The molecule has 0 bridgehead atoms. The Morgan fingerprint density at radius 2 is 1.66 bits per heavy atom. The third kappa shape index (κ3) is 5.84. The molecule has 2 aliphatic rings. The number of benzene rings is 2. The molecular weight excluding hydrogens is 444 g/mol. The number of carbonyl (C=O) groups excluding carboxylic acids is 2. The molecule has 2 amide bonds. The number of ether oxygens (including phenoxy) is 1. The van der Waals surface area contributed by atoms with Crippen LogP contribution in [-0.4, -0.2) is 53.7 Å². The van der Waals surface area contributed by atoms with Gasteiger partial charge in [0, 0.05) is 24.9 Å². The van der Waals surface area contributed by atoms with Gasteiger partial charge in [-0.1, -0.05) is 68.8 Å². The summed E-state index contributed by atoms with van der Waals surface area (Å²) in [5, 5.41) is 12.2. The number of alkyl carbamates (subject to hydrolysis) is 1. The van der Waals surface area contributed by atoms with Gasteiger partial charge in [0.25, 0.3) is 0 Å². The van der Waals surface area contributed by atoms with E-state index in [9.17, 15) is 19.5 Å². The van der Waals surface area contributed by atoms with E-state index in [1.165, 1.54) is 16.0 Å². The number of aliphatic carboxylic acids is 1. The minimum atomic E-state index is -1.02. The summed E-state index contributed by atoms with van der Waals surface area (Å²) < 4.78 is 5.68. The maximum absolute atomic E-state index is 12.9. The fourth-order valence-corrected chi connectivity index (χ4v) is 5.47. The maximum atomic E-state index is 12.9. The molecule has 0 saturated heterocycles. The standard InChI is InChI=1S/C28H34N2O5/c1-18(2)15-30(16-27(32)33)26(31)14-19-8-7-13-25(19)29-28(34)35-17-24-22-11-5-3-9-20(22)21-10-4-6-12-23(21)24/h3-6,9-12,18-19,24-25H,7-8,13-17H2,1-2H3,(H,29,34)(H,32,33)/t19-,25+/m0/s1. The van der Waals surface area contributed by atoms with Gasteiger partial charge in [0.1, 0.15) is 13.2 Å². The van der Waals surface area contributed by atoms with Crippen LogP contribution in [0, 0.1) is 11.8 Å². The van der Waals surface area contributed by atoms with Crippen LogP contribution in [0.25, 0.3) is 11.1 Å². The largest absolute Gasteiger partial charge is 0.480 e. The third-order valence-corrected chi connectivity index (χ3v) is 7.01. The number of rotatable bonds is 9. The predicted octanol–water partition coefficient (Wildman–Crippen LogP) is 4.65. The Bertz CT molecular complexity index is 1040. The van der Waals surface area contributed by atoms with E-state index >= 15 is 0 Å². The van der Waals surface area contributed by atoms with Crippen molar-refractivity contribution in [2.75, 3.05) is 19.7 Å². The van der Waals surface area contributed by atoms with Crippen molar-refractivity contribution in [2.24, 2.45) is 11.8 Å². The van der Waals surface area contributed by atoms with Gasteiger partial charge in [-0.25, -0.2) is 4.79 Å². The Balaban J connectivity index is 1.34. The Morgan fingerprint density at radius 1 is 1.03 bits per heavy atom. The quantitative estimate of drug-likeness (QED) is 0.547. The number of carboxylic acids is 1. The fraction of sp³-hybridized carbons (Fsp3) is 0.464. The SMILES string of the molecule is CC(C)CN(CC(=O)O)C(=O)C[C@@H]1CCC[C@H]1NC(=O)OCC1c2ccccc2-c2ccccc21. The predicted molar refractivity (Wildman–Crippen MR) is 133 cm³/mol. The van der Waals surface area contributed by atoms with Crippen LogP contribution in [0.15, 0.2) is 48.5 Å². The topological polar surface area (TPSA) is 95.9 Å². The van der Waals surface area contributed by atoms with Crippen LogP contribution in [0.1, 0.15) is 56.6 Å². The summed E-state index contributed by atoms with van der Waals surface area (Å²) in [5.41, 5.74) is 4.68. The average Bonchev–Trinajstić information content (AvgIpc) is 3.38. The van der Waals surface area contributed by atoms with E-state index < -0.39 is 12.1 Å². The molecule has 0 heterocycles. The first-order chi connectivity index (χ1) is 16.8. The molecule has 2 aliphatic carbocycles. The summed E-state index contributed by atoms with van der Waals surface area (Å²) in [7, 11) is 0. The molecule has 0 radical (unpaired) electrons. The average molecular weight is 479 g/mol. The number of carboxylic acid groups (broad SMARTS) is 1. The summed E-state index contributed by atoms with van der Waals surface area (Å²) >= 11 is 0. The van der Waals surface area contributed by atoms with Gasteiger partial charge < -0.3 is 20.1 Å². The van der Waals surface area contributed by atoms with Crippen molar-refractivity contribution >= 4 is 18.0 Å². The Labute approximate surface area is 206 Å². The molecule has 7 nitrogen and oxygen atoms in total. The van der Waals surface area contributed by atoms with Crippen LogP contribution in [-0.2, 0) is 14.3 Å². The van der Waals surface area contributed by atoms with Crippen molar-refractivity contribution in [3.05, 3.63) is 59.7 Å². The van der Waals surface area contributed by atoms with Crippen LogP contribution in [0.2, 0.25) is 0 Å². The monoisotopic (exact) mass is 478 g/mol. The van der Waals surface area contributed by atoms with Crippen molar-refractivity contribution in [2.45, 2.75) is 51.5 Å². The van der Waals surface area contributed by atoms with Gasteiger partial charge in [0.15, 0.2) is 0 Å². The lowest BCUT2D eigenvalue weighted by Crippen LogP contribution is -2.42. The first kappa shape index (κ1) is 24.8. The molecule has 35 heavy (non-hydrogen) atoms. The van der Waals surface area contributed by atoms with E-state index in [0.29, 0.717) is 6.54 Å². The van der Waals surface area contributed by atoms with Crippen molar-refractivity contribution < 1.29 is 24.2 Å². The van der Waals surface area contributed by atoms with Crippen molar-refractivity contribution in [1.82, 2.24) is 10.2 Å². The Hall–Kier alpha value is -3.35. The molecule has 2 N–H and O–H groups in total. The summed E-state index contributed by atoms with van der Waals surface area (Å²) in [6, 6.07) is 16.3. The highest BCUT2D eigenvalue weighted by Crippen LogP contribution is 2.44. The fourth-order valence-electron chi connectivity index (χ4n) is 5.47. The summed E-state index contributed by atoms with van der Waals surface area (Å²) in [4.78, 5) is 38.2. The highest BCUT2D eigenvalue weighted by Gasteiger charge is 2.33. The number of hydrogen-bond donors (Lipinski definition) is 2. The van der Waals surface area contributed by atoms with Crippen molar-refractivity contribution in [3.8, 4) is 11.1 Å². The molecule has 7 heteroatoms. The molecule has 0 aromatic heterocycles. The Morgan fingerprint density at radius 3 is 2.26 bits per heavy atom. The second-order valence-corrected chi connectivity index (χ2v) is 10.0. The van der Waals surface area contributed by atoms with E-state index in [4.69, 9.17) is 4.74 Å². The van der Waals surface area contributed by atoms with Crippen molar-refractivity contribution in [3.63, 3.8) is 0 Å². The van der Waals surface area contributed by atoms with E-state index in [2.05, 4.69) is 29.6 Å². The van der Waals surface area contributed by atoms with Crippen molar-refractivity contribution in [1.29, 1.82) is 0 Å². The number of nitrogens with one attached hydrogen (secondary N) is 1. The van der Waals surface area contributed by atoms with Gasteiger partial charge >= 0.3 is 12.1 Å². The van der Waals surface area contributed by atoms with E-state index in [0.717, 1.165) is 30.4 Å². The zero-order chi connectivity index (χ0) is 24.9. The molecular formula is C28H34N2O5. The van der Waals surface area contributed by atoms with Crippen LogP contribution in [0.5, 0.6) is 0 Å². The van der Waals surface area contributed by atoms with Gasteiger partial charge in [-0.15, -0.1) is 0 Å². The molecule has 4 rings (SSSR count). The second kappa shape index (κ2) is 10.9. The minimum Gasteiger partial charge on any atom is -0.480 e. The minimum absolute atomic E-state index is 0.00490. The zero-order valence-corrected chi connectivity index (χ0v) is 20.4. The first-order valence-corrected chi connectivity index (χ1v) is 12.4. The lowest BCUT2D eigenvalue weighted by atomic mass is 9.98. The van der Waals surface area contributed by atoms with Gasteiger partial charge in [-0.2, -0.15) is 0 Å². The van der Waals surface area contributed by atoms with Gasteiger partial charge in [0.05, 0.1) is 0 Å². The zero-order valence-electron chi connectivity index (χ0n) is 20.4. The highest BCUT2D eigenvalue weighted by molar-refractivity contribution is 5.82. The first-order valence-electron chi connectivity index (χ1n) is 12.4. The smallest absolute Gasteiger partial charge is 0.407 e. The molecule has 186 valence electrons. The van der Waals surface area contributed by atoms with Crippen LogP contribution < -0.4 is 5.32 Å². The van der Waals surface area contributed by atoms with E-state index in [1.54, 1.807) is 0 Å². The van der Waals surface area contributed by atoms with Crippen LogP contribution >= 0.6 is 0 Å². The molecule has 2 aromatic carbocycles. The number of carbonyl (C=O) groups is 3. The lowest BCUT2D eigenvalue weighted by Gasteiger charge is -2.26. The molecule has 0 spiro atoms. The van der Waals surface area contributed by atoms with Gasteiger partial charge in [-0.3, -0.25) is 9.59 Å². The lowest BCUT2D eigenvalue weighted by molar-refractivity contribution is -0.145. The van der Waals surface area contributed by atoms with Crippen LogP contribution in [0.4, 0.5) is 4.79 Å². The molecule has 2 atom stereocenters. The second-order valence-electron chi connectivity index (χ2n) is 10.0. The summed E-state index contributed by atoms with van der Waals surface area (Å²) in [6.07, 6.45) is 2.28. The van der Waals surface area contributed by atoms with Crippen LogP contribution in [0.3, 0.4) is 0 Å². The molecule has 0 unspecified atom stereocenters. The Kier molecular flexibility index (Phi) is 7.73. The van der Waals surface area contributed by atoms with Gasteiger partial charge in [-0.05, 0) is 46.9 Å².